The van der Waals surface area contributed by atoms with E-state index in [2.05, 4.69) is 15.2 Å². The molecule has 3 N–H and O–H groups in total. The van der Waals surface area contributed by atoms with E-state index in [4.69, 9.17) is 9.84 Å². The van der Waals surface area contributed by atoms with Crippen LogP contribution in [0.15, 0.2) is 54.7 Å². The van der Waals surface area contributed by atoms with Crippen molar-refractivity contribution in [3.05, 3.63) is 71.4 Å². The van der Waals surface area contributed by atoms with Crippen molar-refractivity contribution < 1.29 is 37.4 Å². The van der Waals surface area contributed by atoms with Gasteiger partial charge in [-0.1, -0.05) is 18.2 Å². The van der Waals surface area contributed by atoms with Crippen LogP contribution in [0.1, 0.15) is 27.9 Å². The number of ether oxygens (including phenoxy) is 1. The Kier molecular flexibility index (Phi) is 8.15. The van der Waals surface area contributed by atoms with Crippen molar-refractivity contribution in [1.82, 2.24) is 4.98 Å². The van der Waals surface area contributed by atoms with E-state index in [1.54, 1.807) is 24.4 Å². The molecule has 0 spiro atoms. The highest BCUT2D eigenvalue weighted by Crippen LogP contribution is 2.37. The normalized spacial score (nSPS) is 13.6. The Morgan fingerprint density at radius 3 is 2.38 bits per heavy atom. The number of carbonyl (C=O) groups is 3. The largest absolute Gasteiger partial charge is 0.465 e. The molecule has 4 rings (SSSR count). The maximum atomic E-state index is 13.4. The van der Waals surface area contributed by atoms with E-state index in [0.29, 0.717) is 32.4 Å². The van der Waals surface area contributed by atoms with Crippen molar-refractivity contribution in [2.75, 3.05) is 41.8 Å². The molecule has 1 aliphatic rings. The average molecular weight is 543 g/mol. The summed E-state index contributed by atoms with van der Waals surface area (Å²) in [5.41, 5.74) is -0.157. The predicted octanol–water partition coefficient (Wildman–Crippen LogP) is 5.21. The van der Waals surface area contributed by atoms with Crippen LogP contribution in [0.4, 0.5) is 35.2 Å². The Morgan fingerprint density at radius 2 is 1.69 bits per heavy atom. The molecule has 1 saturated heterocycles. The van der Waals surface area contributed by atoms with Gasteiger partial charge in [0.15, 0.2) is 5.78 Å². The lowest BCUT2D eigenvalue weighted by Gasteiger charge is -2.28. The lowest BCUT2D eigenvalue weighted by molar-refractivity contribution is -0.138. The van der Waals surface area contributed by atoms with E-state index in [1.165, 1.54) is 13.0 Å². The molecule has 39 heavy (non-hydrogen) atoms. The molecule has 0 unspecified atom stereocenters. The monoisotopic (exact) mass is 542 g/mol. The Morgan fingerprint density at radius 1 is 1.00 bits per heavy atom. The standard InChI is InChI=1S/C27H25F3N4O5/c1-16-11-21(33-26(37)38)22(14-20(16)27(28,29)30)32-25(36)15-23(35)19-4-2-3-17(12-19)18-5-6-31-24(13-18)34-7-9-39-10-8-34/h2-6,11-14,33H,7-10,15H2,1H3,(H,32,36)(H,37,38). The molecular formula is C27H25F3N4O5. The van der Waals surface area contributed by atoms with Crippen LogP contribution >= 0.6 is 0 Å². The number of carbonyl (C=O) groups excluding carboxylic acids is 2. The number of pyridine rings is 1. The Bertz CT molecular complexity index is 1400. The number of carboxylic acid groups (broad SMARTS) is 1. The minimum Gasteiger partial charge on any atom is -0.465 e. The second-order valence-corrected chi connectivity index (χ2v) is 8.87. The van der Waals surface area contributed by atoms with E-state index >= 15 is 0 Å². The number of alkyl halides is 3. The molecule has 0 saturated carbocycles. The predicted molar refractivity (Wildman–Crippen MR) is 138 cm³/mol. The van der Waals surface area contributed by atoms with Crippen molar-refractivity contribution >= 4 is 35.0 Å². The van der Waals surface area contributed by atoms with Crippen LogP contribution in [0.2, 0.25) is 0 Å². The summed E-state index contributed by atoms with van der Waals surface area (Å²) in [7, 11) is 0. The number of aryl methyl sites for hydroxylation is 1. The van der Waals surface area contributed by atoms with E-state index in [1.807, 2.05) is 17.4 Å². The first kappa shape index (κ1) is 27.6. The molecule has 0 atom stereocenters. The van der Waals surface area contributed by atoms with Crippen LogP contribution in [0.5, 0.6) is 0 Å². The number of halogens is 3. The smallest absolute Gasteiger partial charge is 0.416 e. The van der Waals surface area contributed by atoms with E-state index in [-0.39, 0.29) is 16.8 Å². The SMILES string of the molecule is Cc1cc(NC(=O)O)c(NC(=O)CC(=O)c2cccc(-c3ccnc(N4CCOCC4)c3)c2)cc1C(F)(F)F. The van der Waals surface area contributed by atoms with Crippen LogP contribution in [0.3, 0.4) is 0 Å². The summed E-state index contributed by atoms with van der Waals surface area (Å²) < 4.78 is 45.5. The summed E-state index contributed by atoms with van der Waals surface area (Å²) in [4.78, 5) is 43.2. The molecule has 0 aliphatic carbocycles. The molecule has 9 nitrogen and oxygen atoms in total. The maximum Gasteiger partial charge on any atom is 0.416 e. The molecule has 2 heterocycles. The third-order valence-electron chi connectivity index (χ3n) is 6.11. The fourth-order valence-electron chi connectivity index (χ4n) is 4.21. The number of morpholine rings is 1. The molecule has 0 bridgehead atoms. The van der Waals surface area contributed by atoms with Crippen molar-refractivity contribution in [3.8, 4) is 11.1 Å². The van der Waals surface area contributed by atoms with Gasteiger partial charge in [0.25, 0.3) is 0 Å². The highest BCUT2D eigenvalue weighted by molar-refractivity contribution is 6.12. The van der Waals surface area contributed by atoms with Gasteiger partial charge < -0.3 is 20.1 Å². The summed E-state index contributed by atoms with van der Waals surface area (Å²) >= 11 is 0. The van der Waals surface area contributed by atoms with Crippen LogP contribution in [-0.2, 0) is 15.7 Å². The van der Waals surface area contributed by atoms with Gasteiger partial charge in [0, 0.05) is 24.8 Å². The fourth-order valence-corrected chi connectivity index (χ4v) is 4.21. The number of amides is 2. The van der Waals surface area contributed by atoms with Gasteiger partial charge in [-0.2, -0.15) is 13.2 Å². The molecule has 2 amide bonds. The third kappa shape index (κ3) is 6.90. The number of nitrogens with zero attached hydrogens (tertiary/aromatic N) is 2. The zero-order chi connectivity index (χ0) is 28.2. The Labute approximate surface area is 221 Å². The van der Waals surface area contributed by atoms with Gasteiger partial charge >= 0.3 is 12.3 Å². The quantitative estimate of drug-likeness (QED) is 0.277. The summed E-state index contributed by atoms with van der Waals surface area (Å²) in [5, 5.41) is 13.2. The lowest BCUT2D eigenvalue weighted by atomic mass is 10.0. The molecule has 12 heteroatoms. The van der Waals surface area contributed by atoms with Crippen LogP contribution < -0.4 is 15.5 Å². The molecule has 0 radical (unpaired) electrons. The van der Waals surface area contributed by atoms with E-state index < -0.39 is 41.6 Å². The molecule has 1 aromatic heterocycles. The minimum atomic E-state index is -4.73. The zero-order valence-corrected chi connectivity index (χ0v) is 20.8. The topological polar surface area (TPSA) is 121 Å². The molecular weight excluding hydrogens is 517 g/mol. The minimum absolute atomic E-state index is 0.231. The van der Waals surface area contributed by atoms with Gasteiger partial charge in [-0.05, 0) is 53.9 Å². The zero-order valence-electron chi connectivity index (χ0n) is 20.8. The number of hydrogen-bond donors (Lipinski definition) is 3. The van der Waals surface area contributed by atoms with Gasteiger partial charge in [0.2, 0.25) is 5.91 Å². The fraction of sp³-hybridized carbons (Fsp3) is 0.259. The molecule has 1 fully saturated rings. The highest BCUT2D eigenvalue weighted by Gasteiger charge is 2.33. The second-order valence-electron chi connectivity index (χ2n) is 8.87. The van der Waals surface area contributed by atoms with Gasteiger partial charge in [0.1, 0.15) is 5.82 Å². The summed E-state index contributed by atoms with van der Waals surface area (Å²) in [6.45, 7) is 3.79. The molecule has 204 valence electrons. The Hall–Kier alpha value is -4.45. The van der Waals surface area contributed by atoms with Crippen LogP contribution in [0.25, 0.3) is 11.1 Å². The van der Waals surface area contributed by atoms with Crippen LogP contribution in [-0.4, -0.2) is 54.2 Å². The number of Topliss-reactive ketones (excluding diaryl/α,β-unsaturated/α-hetero) is 1. The second kappa shape index (κ2) is 11.5. The molecule has 1 aliphatic heterocycles. The van der Waals surface area contributed by atoms with E-state index in [9.17, 15) is 27.6 Å². The first-order valence-electron chi connectivity index (χ1n) is 12.0. The number of ketones is 1. The lowest BCUT2D eigenvalue weighted by Crippen LogP contribution is -2.36. The average Bonchev–Trinajstić information content (AvgIpc) is 2.89. The van der Waals surface area contributed by atoms with Crippen molar-refractivity contribution in [2.45, 2.75) is 19.5 Å². The van der Waals surface area contributed by atoms with Crippen molar-refractivity contribution in [1.29, 1.82) is 0 Å². The third-order valence-corrected chi connectivity index (χ3v) is 6.11. The summed E-state index contributed by atoms with van der Waals surface area (Å²) in [6, 6.07) is 11.9. The van der Waals surface area contributed by atoms with Crippen molar-refractivity contribution in [3.63, 3.8) is 0 Å². The number of hydrogen-bond acceptors (Lipinski definition) is 6. The number of benzene rings is 2. The highest BCUT2D eigenvalue weighted by atomic mass is 19.4. The van der Waals surface area contributed by atoms with Gasteiger partial charge in [-0.3, -0.25) is 14.9 Å². The first-order chi connectivity index (χ1) is 18.5. The first-order valence-corrected chi connectivity index (χ1v) is 12.0. The number of anilines is 3. The number of rotatable bonds is 7. The summed E-state index contributed by atoms with van der Waals surface area (Å²) in [5.74, 6) is -0.684. The van der Waals surface area contributed by atoms with Crippen LogP contribution in [0, 0.1) is 6.92 Å². The van der Waals surface area contributed by atoms with Crippen molar-refractivity contribution in [2.24, 2.45) is 0 Å². The number of nitrogens with one attached hydrogen (secondary N) is 2. The Balaban J connectivity index is 1.51. The van der Waals surface area contributed by atoms with Gasteiger partial charge in [-0.15, -0.1) is 0 Å². The summed E-state index contributed by atoms with van der Waals surface area (Å²) in [6.07, 6.45) is -5.25. The van der Waals surface area contributed by atoms with Gasteiger partial charge in [0.05, 0.1) is 36.6 Å². The van der Waals surface area contributed by atoms with E-state index in [0.717, 1.165) is 23.0 Å². The maximum absolute atomic E-state index is 13.4. The molecule has 2 aromatic carbocycles. The van der Waals surface area contributed by atoms with Gasteiger partial charge in [-0.25, -0.2) is 9.78 Å². The molecule has 3 aromatic rings. The number of aromatic nitrogens is 1.